The molecule has 104 valence electrons. The number of amides is 1. The molecule has 6 heteroatoms. The van der Waals surface area contributed by atoms with Gasteiger partial charge in [-0.25, -0.2) is 0 Å². The number of hydrogen-bond acceptors (Lipinski definition) is 4. The van der Waals surface area contributed by atoms with Gasteiger partial charge in [0.25, 0.3) is 5.91 Å². The summed E-state index contributed by atoms with van der Waals surface area (Å²) < 4.78 is 6.23. The van der Waals surface area contributed by atoms with Crippen LogP contribution in [0.5, 0.6) is 5.75 Å². The van der Waals surface area contributed by atoms with E-state index < -0.39 is 12.2 Å². The lowest BCUT2D eigenvalue weighted by Gasteiger charge is -2.16. The molecule has 2 rings (SSSR count). The molecular formula is C13H16BrNO4. The Morgan fingerprint density at radius 3 is 2.63 bits per heavy atom. The van der Waals surface area contributed by atoms with Gasteiger partial charge >= 0.3 is 0 Å². The van der Waals surface area contributed by atoms with Crippen molar-refractivity contribution in [3.63, 3.8) is 0 Å². The number of halogens is 1. The lowest BCUT2D eigenvalue weighted by molar-refractivity contribution is -0.132. The minimum Gasteiger partial charge on any atom is -0.483 e. The third-order valence-corrected chi connectivity index (χ3v) is 3.67. The SMILES string of the molecule is Cc1ccc(OCC(=O)N2CC(O)C(O)C2)c(Br)c1. The van der Waals surface area contributed by atoms with E-state index in [1.54, 1.807) is 6.07 Å². The molecule has 1 aliphatic rings. The van der Waals surface area contributed by atoms with Gasteiger partial charge in [0, 0.05) is 13.1 Å². The summed E-state index contributed by atoms with van der Waals surface area (Å²) in [7, 11) is 0. The minimum absolute atomic E-state index is 0.110. The van der Waals surface area contributed by atoms with Gasteiger partial charge in [0.2, 0.25) is 0 Å². The van der Waals surface area contributed by atoms with Gasteiger partial charge in [0.15, 0.2) is 6.61 Å². The molecule has 2 N–H and O–H groups in total. The second-order valence-corrected chi connectivity index (χ2v) is 5.51. The van der Waals surface area contributed by atoms with E-state index in [-0.39, 0.29) is 25.6 Å². The summed E-state index contributed by atoms with van der Waals surface area (Å²) in [5.41, 5.74) is 1.09. The number of hydrogen-bond donors (Lipinski definition) is 2. The van der Waals surface area contributed by atoms with Gasteiger partial charge < -0.3 is 19.8 Å². The highest BCUT2D eigenvalue weighted by atomic mass is 79.9. The van der Waals surface area contributed by atoms with Crippen LogP contribution >= 0.6 is 15.9 Å². The van der Waals surface area contributed by atoms with Gasteiger partial charge in [-0.05, 0) is 40.5 Å². The summed E-state index contributed by atoms with van der Waals surface area (Å²) in [6.07, 6.45) is -1.73. The number of likely N-dealkylation sites (tertiary alicyclic amines) is 1. The first-order chi connectivity index (χ1) is 8.97. The second kappa shape index (κ2) is 5.90. The first-order valence-electron chi connectivity index (χ1n) is 6.00. The molecule has 2 unspecified atom stereocenters. The summed E-state index contributed by atoms with van der Waals surface area (Å²) in [4.78, 5) is 13.3. The van der Waals surface area contributed by atoms with Crippen molar-refractivity contribution in [1.82, 2.24) is 4.90 Å². The van der Waals surface area contributed by atoms with Crippen LogP contribution in [0.25, 0.3) is 0 Å². The van der Waals surface area contributed by atoms with Crippen LogP contribution < -0.4 is 4.74 Å². The van der Waals surface area contributed by atoms with Gasteiger partial charge in [-0.3, -0.25) is 4.79 Å². The Hall–Kier alpha value is -1.11. The fraction of sp³-hybridized carbons (Fsp3) is 0.462. The average Bonchev–Trinajstić information content (AvgIpc) is 2.68. The highest BCUT2D eigenvalue weighted by Gasteiger charge is 2.32. The zero-order valence-electron chi connectivity index (χ0n) is 10.5. The van der Waals surface area contributed by atoms with E-state index in [1.807, 2.05) is 19.1 Å². The van der Waals surface area contributed by atoms with Gasteiger partial charge in [-0.2, -0.15) is 0 Å². The molecule has 1 aliphatic heterocycles. The van der Waals surface area contributed by atoms with Crippen molar-refractivity contribution in [3.8, 4) is 5.75 Å². The molecule has 1 saturated heterocycles. The molecule has 1 aromatic carbocycles. The second-order valence-electron chi connectivity index (χ2n) is 4.66. The molecule has 1 heterocycles. The Labute approximate surface area is 119 Å². The van der Waals surface area contributed by atoms with E-state index in [2.05, 4.69) is 15.9 Å². The van der Waals surface area contributed by atoms with E-state index in [0.717, 1.165) is 10.0 Å². The van der Waals surface area contributed by atoms with Crippen LogP contribution in [0.15, 0.2) is 22.7 Å². The third kappa shape index (κ3) is 3.46. The average molecular weight is 330 g/mol. The molecule has 1 amide bonds. The topological polar surface area (TPSA) is 70.0 Å². The summed E-state index contributed by atoms with van der Waals surface area (Å²) >= 11 is 3.37. The number of ether oxygens (including phenoxy) is 1. The molecule has 0 spiro atoms. The van der Waals surface area contributed by atoms with Crippen molar-refractivity contribution in [1.29, 1.82) is 0 Å². The fourth-order valence-electron chi connectivity index (χ4n) is 1.93. The number of rotatable bonds is 3. The predicted octanol–water partition coefficient (Wildman–Crippen LogP) is 0.700. The van der Waals surface area contributed by atoms with Crippen LogP contribution in [0, 0.1) is 6.92 Å². The van der Waals surface area contributed by atoms with Crippen molar-refractivity contribution in [2.45, 2.75) is 19.1 Å². The number of carbonyl (C=O) groups is 1. The number of aliphatic hydroxyl groups is 2. The molecular weight excluding hydrogens is 314 g/mol. The summed E-state index contributed by atoms with van der Waals surface area (Å²) in [6, 6.07) is 5.59. The molecule has 0 aromatic heterocycles. The standard InChI is InChI=1S/C13H16BrNO4/c1-8-2-3-12(9(14)4-8)19-7-13(18)15-5-10(16)11(17)6-15/h2-4,10-11,16-17H,5-7H2,1H3. The lowest BCUT2D eigenvalue weighted by Crippen LogP contribution is -2.34. The number of aliphatic hydroxyl groups excluding tert-OH is 2. The predicted molar refractivity (Wildman–Crippen MR) is 73.0 cm³/mol. The zero-order chi connectivity index (χ0) is 14.0. The number of carbonyl (C=O) groups excluding carboxylic acids is 1. The number of benzene rings is 1. The fourth-order valence-corrected chi connectivity index (χ4v) is 2.53. The normalized spacial score (nSPS) is 22.6. The van der Waals surface area contributed by atoms with E-state index in [1.165, 1.54) is 4.90 Å². The van der Waals surface area contributed by atoms with E-state index in [0.29, 0.717) is 5.75 Å². The number of nitrogens with zero attached hydrogens (tertiary/aromatic N) is 1. The Morgan fingerprint density at radius 2 is 2.05 bits per heavy atom. The number of β-amino-alcohol motifs (C(OH)–C–C–N with tert-alkyl or cyclic N) is 2. The van der Waals surface area contributed by atoms with Gasteiger partial charge in [0.1, 0.15) is 5.75 Å². The molecule has 1 fully saturated rings. The van der Waals surface area contributed by atoms with Crippen molar-refractivity contribution in [2.24, 2.45) is 0 Å². The van der Waals surface area contributed by atoms with Crippen LogP contribution in [0.4, 0.5) is 0 Å². The van der Waals surface area contributed by atoms with Gasteiger partial charge in [0.05, 0.1) is 16.7 Å². The largest absolute Gasteiger partial charge is 0.483 e. The summed E-state index contributed by atoms with van der Waals surface area (Å²) in [6.45, 7) is 2.16. The highest BCUT2D eigenvalue weighted by molar-refractivity contribution is 9.10. The summed E-state index contributed by atoms with van der Waals surface area (Å²) in [5.74, 6) is 0.349. The molecule has 0 aliphatic carbocycles. The van der Waals surface area contributed by atoms with Crippen LogP contribution in [-0.2, 0) is 4.79 Å². The van der Waals surface area contributed by atoms with Crippen LogP contribution in [0.3, 0.4) is 0 Å². The van der Waals surface area contributed by atoms with Crippen molar-refractivity contribution in [2.75, 3.05) is 19.7 Å². The Balaban J connectivity index is 1.90. The Bertz CT molecular complexity index is 470. The maximum absolute atomic E-state index is 11.9. The van der Waals surface area contributed by atoms with Crippen LogP contribution in [0.1, 0.15) is 5.56 Å². The first-order valence-corrected chi connectivity index (χ1v) is 6.79. The molecule has 5 nitrogen and oxygen atoms in total. The zero-order valence-corrected chi connectivity index (χ0v) is 12.1. The smallest absolute Gasteiger partial charge is 0.260 e. The highest BCUT2D eigenvalue weighted by Crippen LogP contribution is 2.25. The number of aryl methyl sites for hydroxylation is 1. The van der Waals surface area contributed by atoms with Crippen molar-refractivity contribution in [3.05, 3.63) is 28.2 Å². The summed E-state index contributed by atoms with van der Waals surface area (Å²) in [5, 5.41) is 18.8. The third-order valence-electron chi connectivity index (χ3n) is 3.05. The molecule has 19 heavy (non-hydrogen) atoms. The minimum atomic E-state index is -0.866. The first kappa shape index (κ1) is 14.3. The van der Waals surface area contributed by atoms with Gasteiger partial charge in [-0.1, -0.05) is 6.07 Å². The maximum Gasteiger partial charge on any atom is 0.260 e. The van der Waals surface area contributed by atoms with E-state index in [9.17, 15) is 15.0 Å². The molecule has 0 saturated carbocycles. The Morgan fingerprint density at radius 1 is 1.42 bits per heavy atom. The Kier molecular flexibility index (Phi) is 4.44. The van der Waals surface area contributed by atoms with Gasteiger partial charge in [-0.15, -0.1) is 0 Å². The van der Waals surface area contributed by atoms with E-state index >= 15 is 0 Å². The van der Waals surface area contributed by atoms with Crippen molar-refractivity contribution >= 4 is 21.8 Å². The monoisotopic (exact) mass is 329 g/mol. The van der Waals surface area contributed by atoms with Crippen LogP contribution in [0.2, 0.25) is 0 Å². The van der Waals surface area contributed by atoms with Crippen LogP contribution in [-0.4, -0.2) is 52.9 Å². The maximum atomic E-state index is 11.9. The molecule has 0 bridgehead atoms. The molecule has 0 radical (unpaired) electrons. The molecule has 2 atom stereocenters. The lowest BCUT2D eigenvalue weighted by atomic mass is 10.2. The van der Waals surface area contributed by atoms with E-state index in [4.69, 9.17) is 4.74 Å². The quantitative estimate of drug-likeness (QED) is 0.856. The van der Waals surface area contributed by atoms with Crippen molar-refractivity contribution < 1.29 is 19.7 Å². The molecule has 1 aromatic rings.